The molecule has 5 heteroatoms. The SMILES string of the molecule is Cc1ccc(NC(=O)N(C)CC(F)F)cc1. The van der Waals surface area contributed by atoms with E-state index in [1.54, 1.807) is 12.1 Å². The molecule has 0 aromatic heterocycles. The van der Waals surface area contributed by atoms with Crippen molar-refractivity contribution in [2.45, 2.75) is 13.3 Å². The second-order valence-electron chi connectivity index (χ2n) is 3.57. The summed E-state index contributed by atoms with van der Waals surface area (Å²) in [6.45, 7) is 1.35. The number of halogens is 2. The summed E-state index contributed by atoms with van der Waals surface area (Å²) < 4.78 is 24.0. The van der Waals surface area contributed by atoms with Crippen molar-refractivity contribution in [1.82, 2.24) is 4.90 Å². The molecule has 0 unspecified atom stereocenters. The van der Waals surface area contributed by atoms with Crippen LogP contribution >= 0.6 is 0 Å². The number of nitrogens with one attached hydrogen (secondary N) is 1. The highest BCUT2D eigenvalue weighted by atomic mass is 19.3. The Morgan fingerprint density at radius 2 is 1.94 bits per heavy atom. The second kappa shape index (κ2) is 5.44. The van der Waals surface area contributed by atoms with E-state index >= 15 is 0 Å². The van der Waals surface area contributed by atoms with Gasteiger partial charge in [0.2, 0.25) is 0 Å². The smallest absolute Gasteiger partial charge is 0.321 e. The lowest BCUT2D eigenvalue weighted by Gasteiger charge is -2.17. The first-order valence-electron chi connectivity index (χ1n) is 4.86. The molecule has 0 aliphatic heterocycles. The monoisotopic (exact) mass is 228 g/mol. The molecule has 1 aromatic carbocycles. The first-order chi connectivity index (χ1) is 7.49. The molecule has 0 aliphatic carbocycles. The molecule has 2 amide bonds. The Kier molecular flexibility index (Phi) is 4.22. The highest BCUT2D eigenvalue weighted by molar-refractivity contribution is 5.89. The van der Waals surface area contributed by atoms with Gasteiger partial charge >= 0.3 is 6.03 Å². The first kappa shape index (κ1) is 12.4. The molecule has 88 valence electrons. The number of benzene rings is 1. The molecular weight excluding hydrogens is 214 g/mol. The van der Waals surface area contributed by atoms with Gasteiger partial charge in [0.1, 0.15) is 0 Å². The number of alkyl halides is 2. The van der Waals surface area contributed by atoms with Crippen LogP contribution in [0.15, 0.2) is 24.3 Å². The fraction of sp³-hybridized carbons (Fsp3) is 0.364. The van der Waals surface area contributed by atoms with Gasteiger partial charge in [-0.1, -0.05) is 17.7 Å². The van der Waals surface area contributed by atoms with Crippen molar-refractivity contribution >= 4 is 11.7 Å². The van der Waals surface area contributed by atoms with Gasteiger partial charge in [0, 0.05) is 12.7 Å². The molecule has 0 atom stereocenters. The summed E-state index contributed by atoms with van der Waals surface area (Å²) in [6, 6.07) is 6.59. The highest BCUT2D eigenvalue weighted by Crippen LogP contribution is 2.09. The van der Waals surface area contributed by atoms with E-state index < -0.39 is 19.0 Å². The van der Waals surface area contributed by atoms with Crippen LogP contribution in [0, 0.1) is 6.92 Å². The van der Waals surface area contributed by atoms with Crippen molar-refractivity contribution in [2.24, 2.45) is 0 Å². The van der Waals surface area contributed by atoms with E-state index in [1.165, 1.54) is 7.05 Å². The summed E-state index contributed by atoms with van der Waals surface area (Å²) in [5.41, 5.74) is 1.66. The molecule has 0 bridgehead atoms. The lowest BCUT2D eigenvalue weighted by molar-refractivity contribution is 0.111. The van der Waals surface area contributed by atoms with Crippen molar-refractivity contribution in [2.75, 3.05) is 18.9 Å². The molecule has 0 radical (unpaired) electrons. The number of carbonyl (C=O) groups is 1. The van der Waals surface area contributed by atoms with Gasteiger partial charge in [0.25, 0.3) is 6.43 Å². The van der Waals surface area contributed by atoms with E-state index in [4.69, 9.17) is 0 Å². The van der Waals surface area contributed by atoms with Gasteiger partial charge < -0.3 is 10.2 Å². The summed E-state index contributed by atoms with van der Waals surface area (Å²) in [7, 11) is 1.33. The molecule has 1 rings (SSSR count). The van der Waals surface area contributed by atoms with Crippen LogP contribution in [-0.2, 0) is 0 Å². The van der Waals surface area contributed by atoms with Crippen LogP contribution in [0.2, 0.25) is 0 Å². The van der Waals surface area contributed by atoms with E-state index in [9.17, 15) is 13.6 Å². The average molecular weight is 228 g/mol. The summed E-state index contributed by atoms with van der Waals surface area (Å²) in [4.78, 5) is 12.4. The van der Waals surface area contributed by atoms with Gasteiger partial charge in [0.15, 0.2) is 0 Å². The number of carbonyl (C=O) groups excluding carboxylic acids is 1. The number of urea groups is 1. The van der Waals surface area contributed by atoms with Crippen LogP contribution in [0.25, 0.3) is 0 Å². The zero-order valence-corrected chi connectivity index (χ0v) is 9.21. The maximum atomic E-state index is 12.0. The molecule has 0 saturated carbocycles. The third-order valence-corrected chi connectivity index (χ3v) is 2.06. The number of rotatable bonds is 3. The minimum Gasteiger partial charge on any atom is -0.322 e. The molecule has 0 fully saturated rings. The summed E-state index contributed by atoms with van der Waals surface area (Å²) in [6.07, 6.45) is -2.52. The fourth-order valence-electron chi connectivity index (χ4n) is 1.15. The van der Waals surface area contributed by atoms with Crippen LogP contribution in [0.5, 0.6) is 0 Å². The minimum absolute atomic E-state index is 0.538. The van der Waals surface area contributed by atoms with Gasteiger partial charge in [0.05, 0.1) is 6.54 Å². The predicted molar refractivity (Wildman–Crippen MR) is 58.8 cm³/mol. The minimum atomic E-state index is -2.52. The lowest BCUT2D eigenvalue weighted by atomic mass is 10.2. The molecule has 1 aromatic rings. The molecule has 0 spiro atoms. The molecule has 16 heavy (non-hydrogen) atoms. The van der Waals surface area contributed by atoms with Crippen LogP contribution in [0.4, 0.5) is 19.3 Å². The zero-order chi connectivity index (χ0) is 12.1. The van der Waals surface area contributed by atoms with Crippen LogP contribution < -0.4 is 5.32 Å². The average Bonchev–Trinajstić information content (AvgIpc) is 2.20. The van der Waals surface area contributed by atoms with Crippen LogP contribution in [-0.4, -0.2) is 30.9 Å². The van der Waals surface area contributed by atoms with Gasteiger partial charge in [-0.2, -0.15) is 0 Å². The summed E-state index contributed by atoms with van der Waals surface area (Å²) in [5, 5.41) is 2.53. The third kappa shape index (κ3) is 3.84. The van der Waals surface area contributed by atoms with Crippen molar-refractivity contribution in [3.63, 3.8) is 0 Å². The molecule has 0 heterocycles. The topological polar surface area (TPSA) is 32.3 Å². The molecule has 0 aliphatic rings. The molecular formula is C11H14F2N2O. The van der Waals surface area contributed by atoms with Crippen LogP contribution in [0.3, 0.4) is 0 Å². The lowest BCUT2D eigenvalue weighted by Crippen LogP contribution is -2.34. The van der Waals surface area contributed by atoms with Gasteiger partial charge in [-0.3, -0.25) is 0 Å². The van der Waals surface area contributed by atoms with E-state index in [2.05, 4.69) is 5.32 Å². The number of nitrogens with zero attached hydrogens (tertiary/aromatic N) is 1. The van der Waals surface area contributed by atoms with E-state index in [-0.39, 0.29) is 0 Å². The quantitative estimate of drug-likeness (QED) is 0.847. The molecule has 1 N–H and O–H groups in total. The second-order valence-corrected chi connectivity index (χ2v) is 3.57. The van der Waals surface area contributed by atoms with Crippen molar-refractivity contribution in [3.8, 4) is 0 Å². The number of aryl methyl sites for hydroxylation is 1. The van der Waals surface area contributed by atoms with Gasteiger partial charge in [-0.05, 0) is 19.1 Å². The Hall–Kier alpha value is -1.65. The maximum absolute atomic E-state index is 12.0. The van der Waals surface area contributed by atoms with Crippen LogP contribution in [0.1, 0.15) is 5.56 Å². The Balaban J connectivity index is 2.54. The Bertz CT molecular complexity index is 352. The van der Waals surface area contributed by atoms with Gasteiger partial charge in [-0.25, -0.2) is 13.6 Å². The van der Waals surface area contributed by atoms with Crippen molar-refractivity contribution in [1.29, 1.82) is 0 Å². The normalized spacial score (nSPS) is 10.3. The first-order valence-corrected chi connectivity index (χ1v) is 4.86. The summed E-state index contributed by atoms with van der Waals surface area (Å²) >= 11 is 0. The number of amides is 2. The zero-order valence-electron chi connectivity index (χ0n) is 9.21. The Morgan fingerprint density at radius 1 is 1.38 bits per heavy atom. The number of hydrogen-bond donors (Lipinski definition) is 1. The fourth-order valence-corrected chi connectivity index (χ4v) is 1.15. The van der Waals surface area contributed by atoms with E-state index in [0.717, 1.165) is 10.5 Å². The highest BCUT2D eigenvalue weighted by Gasteiger charge is 2.13. The van der Waals surface area contributed by atoms with E-state index in [1.807, 2.05) is 19.1 Å². The maximum Gasteiger partial charge on any atom is 0.321 e. The largest absolute Gasteiger partial charge is 0.322 e. The Labute approximate surface area is 93.1 Å². The van der Waals surface area contributed by atoms with E-state index in [0.29, 0.717) is 5.69 Å². The van der Waals surface area contributed by atoms with Crippen molar-refractivity contribution in [3.05, 3.63) is 29.8 Å². The number of hydrogen-bond acceptors (Lipinski definition) is 1. The number of anilines is 1. The Morgan fingerprint density at radius 3 is 2.44 bits per heavy atom. The standard InChI is InChI=1S/C11H14F2N2O/c1-8-3-5-9(6-4-8)14-11(16)15(2)7-10(12)13/h3-6,10H,7H2,1-2H3,(H,14,16). The molecule has 3 nitrogen and oxygen atoms in total. The summed E-state index contributed by atoms with van der Waals surface area (Å²) in [5.74, 6) is 0. The molecule has 0 saturated heterocycles. The van der Waals surface area contributed by atoms with Crippen molar-refractivity contribution < 1.29 is 13.6 Å². The van der Waals surface area contributed by atoms with Gasteiger partial charge in [-0.15, -0.1) is 0 Å². The third-order valence-electron chi connectivity index (χ3n) is 2.06. The predicted octanol–water partition coefficient (Wildman–Crippen LogP) is 2.72.